The van der Waals surface area contributed by atoms with E-state index in [1.165, 1.54) is 18.7 Å². The first-order chi connectivity index (χ1) is 16.5. The largest absolute Gasteiger partial charge is 0.489 e. The molecule has 1 aliphatic rings. The molecule has 0 aromatic heterocycles. The Morgan fingerprint density at radius 1 is 1.00 bits per heavy atom. The number of carbonyl (C=O) groups is 2. The zero-order valence-electron chi connectivity index (χ0n) is 20.1. The van der Waals surface area contributed by atoms with Crippen molar-refractivity contribution in [1.29, 1.82) is 0 Å². The van der Waals surface area contributed by atoms with Crippen molar-refractivity contribution in [3.8, 4) is 5.75 Å². The van der Waals surface area contributed by atoms with Gasteiger partial charge in [0.15, 0.2) is 5.28 Å². The highest BCUT2D eigenvalue weighted by molar-refractivity contribution is 7.33. The maximum absolute atomic E-state index is 13.1. The van der Waals surface area contributed by atoms with Gasteiger partial charge in [-0.15, -0.1) is 0 Å². The van der Waals surface area contributed by atoms with Gasteiger partial charge < -0.3 is 10.1 Å². The van der Waals surface area contributed by atoms with Crippen LogP contribution in [-0.2, 0) is 25.9 Å². The van der Waals surface area contributed by atoms with Crippen LogP contribution >= 0.6 is 7.68 Å². The quantitative estimate of drug-likeness (QED) is 0.407. The predicted octanol–water partition coefficient (Wildman–Crippen LogP) is 6.05. The molecule has 3 aromatic rings. The maximum atomic E-state index is 13.1. The standard InChI is InChI=1S/C27H27N2O5P/c1-26(2)22-15-12-20(16-23(22)29(25(26)31)27(3,4)35(32)33)28-24(30)19-10-13-21(14-11-19)34-17-18-8-6-5-7-9-18/h5-16H,17H2,1-4H3,(H,28,30). The van der Waals surface area contributed by atoms with Crippen LogP contribution in [0.1, 0.15) is 49.2 Å². The van der Waals surface area contributed by atoms with Gasteiger partial charge in [0.2, 0.25) is 5.91 Å². The average Bonchev–Trinajstić information content (AvgIpc) is 3.03. The summed E-state index contributed by atoms with van der Waals surface area (Å²) in [4.78, 5) is 27.3. The molecular formula is C27H27N2O5P. The van der Waals surface area contributed by atoms with Crippen molar-refractivity contribution >= 4 is 30.9 Å². The van der Waals surface area contributed by atoms with Crippen molar-refractivity contribution in [3.63, 3.8) is 0 Å². The fourth-order valence-corrected chi connectivity index (χ4v) is 4.46. The predicted molar refractivity (Wildman–Crippen MR) is 134 cm³/mol. The van der Waals surface area contributed by atoms with Crippen LogP contribution in [0.25, 0.3) is 0 Å². The number of carbonyl (C=O) groups excluding carboxylic acids is 2. The molecular weight excluding hydrogens is 463 g/mol. The maximum Gasteiger partial charge on any atom is 0.341 e. The van der Waals surface area contributed by atoms with Crippen molar-refractivity contribution in [2.75, 3.05) is 10.2 Å². The summed E-state index contributed by atoms with van der Waals surface area (Å²) in [6.45, 7) is 6.95. The molecule has 0 bridgehead atoms. The number of ether oxygens (including phenoxy) is 1. The van der Waals surface area contributed by atoms with Crippen LogP contribution in [0.2, 0.25) is 0 Å². The minimum Gasteiger partial charge on any atom is -0.489 e. The fraction of sp³-hybridized carbons (Fsp3) is 0.259. The van der Waals surface area contributed by atoms with Crippen LogP contribution in [0.3, 0.4) is 0 Å². The number of hydrogen-bond acceptors (Lipinski definition) is 5. The molecule has 1 aliphatic heterocycles. The number of anilines is 2. The summed E-state index contributed by atoms with van der Waals surface area (Å²) < 4.78 is 29.6. The molecule has 0 spiro atoms. The summed E-state index contributed by atoms with van der Waals surface area (Å²) in [6.07, 6.45) is 0. The van der Waals surface area contributed by atoms with E-state index < -0.39 is 18.4 Å². The zero-order valence-corrected chi connectivity index (χ0v) is 21.0. The molecule has 2 amide bonds. The summed E-state index contributed by atoms with van der Waals surface area (Å²) in [5.41, 5.74) is 2.26. The summed E-state index contributed by atoms with van der Waals surface area (Å²) in [5, 5.41) is 1.43. The second-order valence-electron chi connectivity index (χ2n) is 9.50. The van der Waals surface area contributed by atoms with E-state index in [-0.39, 0.29) is 11.8 Å². The Hall–Kier alpha value is -3.70. The molecule has 0 saturated heterocycles. The number of hydrogen-bond donors (Lipinski definition) is 1. The van der Waals surface area contributed by atoms with Crippen LogP contribution in [0.15, 0.2) is 72.8 Å². The van der Waals surface area contributed by atoms with E-state index in [1.54, 1.807) is 56.3 Å². The van der Waals surface area contributed by atoms with E-state index in [1.807, 2.05) is 30.3 Å². The Kier molecular flexibility index (Phi) is 6.39. The average molecular weight is 490 g/mol. The highest BCUT2D eigenvalue weighted by atomic mass is 31.1. The molecule has 180 valence electrons. The molecule has 0 saturated carbocycles. The number of nitrogens with zero attached hydrogens (tertiary/aromatic N) is 1. The lowest BCUT2D eigenvalue weighted by atomic mass is 9.86. The Bertz CT molecular complexity index is 1340. The first-order valence-corrected chi connectivity index (χ1v) is 12.4. The van der Waals surface area contributed by atoms with Gasteiger partial charge in [-0.1, -0.05) is 36.4 Å². The summed E-state index contributed by atoms with van der Waals surface area (Å²) in [5.74, 6) is 0.0170. The highest BCUT2D eigenvalue weighted by Gasteiger charge is 2.51. The molecule has 1 heterocycles. The van der Waals surface area contributed by atoms with Crippen LogP contribution < -0.4 is 15.0 Å². The first kappa shape index (κ1) is 24.4. The second-order valence-corrected chi connectivity index (χ2v) is 11.1. The molecule has 3 aromatic carbocycles. The van der Waals surface area contributed by atoms with Crippen molar-refractivity contribution in [3.05, 3.63) is 89.5 Å². The van der Waals surface area contributed by atoms with Crippen LogP contribution in [0.4, 0.5) is 11.4 Å². The summed E-state index contributed by atoms with van der Waals surface area (Å²) in [6, 6.07) is 21.7. The minimum absolute atomic E-state index is 0.300. The molecule has 0 unspecified atom stereocenters. The lowest BCUT2D eigenvalue weighted by Crippen LogP contribution is -2.46. The molecule has 0 radical (unpaired) electrons. The molecule has 1 N–H and O–H groups in total. The Morgan fingerprint density at radius 2 is 1.66 bits per heavy atom. The topological polar surface area (TPSA) is 92.8 Å². The normalized spacial score (nSPS) is 14.4. The van der Waals surface area contributed by atoms with Gasteiger partial charge in [0.05, 0.1) is 11.1 Å². The third kappa shape index (κ3) is 4.64. The van der Waals surface area contributed by atoms with Crippen molar-refractivity contribution in [2.45, 2.75) is 45.0 Å². The highest BCUT2D eigenvalue weighted by Crippen LogP contribution is 2.49. The third-order valence-electron chi connectivity index (χ3n) is 6.27. The molecule has 35 heavy (non-hydrogen) atoms. The number of amides is 2. The lowest BCUT2D eigenvalue weighted by Gasteiger charge is -2.30. The SMILES string of the molecule is CC1(C)C(=O)N(C(C)(C)P(=O)=O)c2cc(NC(=O)c3ccc(OCc4ccccc4)cc3)ccc21. The van der Waals surface area contributed by atoms with Gasteiger partial charge in [0.25, 0.3) is 5.91 Å². The number of rotatable bonds is 7. The zero-order chi connectivity index (χ0) is 25.4. The Morgan fingerprint density at radius 3 is 2.29 bits per heavy atom. The van der Waals surface area contributed by atoms with E-state index in [0.717, 1.165) is 5.56 Å². The van der Waals surface area contributed by atoms with Crippen LogP contribution in [-0.4, -0.2) is 17.1 Å². The molecule has 8 heteroatoms. The van der Waals surface area contributed by atoms with E-state index in [0.29, 0.717) is 34.9 Å². The number of nitrogens with one attached hydrogen (secondary N) is 1. The van der Waals surface area contributed by atoms with Gasteiger partial charge in [0, 0.05) is 11.3 Å². The monoisotopic (exact) mass is 490 g/mol. The second kappa shape index (κ2) is 9.16. The van der Waals surface area contributed by atoms with Crippen LogP contribution in [0.5, 0.6) is 5.75 Å². The number of fused-ring (bicyclic) bond motifs is 1. The lowest BCUT2D eigenvalue weighted by molar-refractivity contribution is -0.122. The summed E-state index contributed by atoms with van der Waals surface area (Å²) >= 11 is 0. The minimum atomic E-state index is -2.93. The molecule has 4 rings (SSSR count). The van der Waals surface area contributed by atoms with E-state index >= 15 is 0 Å². The number of benzene rings is 3. The molecule has 0 fully saturated rings. The van der Waals surface area contributed by atoms with Crippen molar-refractivity contribution in [2.24, 2.45) is 0 Å². The van der Waals surface area contributed by atoms with Crippen molar-refractivity contribution in [1.82, 2.24) is 0 Å². The molecule has 0 atom stereocenters. The van der Waals surface area contributed by atoms with E-state index in [9.17, 15) is 18.7 Å². The molecule has 7 nitrogen and oxygen atoms in total. The van der Waals surface area contributed by atoms with Crippen LogP contribution in [0, 0.1) is 0 Å². The van der Waals surface area contributed by atoms with Gasteiger partial charge in [-0.05, 0) is 75.2 Å². The van der Waals surface area contributed by atoms with Gasteiger partial charge in [-0.25, -0.2) is 9.13 Å². The van der Waals surface area contributed by atoms with Gasteiger partial charge in [-0.3, -0.25) is 14.5 Å². The molecule has 0 aliphatic carbocycles. The Balaban J connectivity index is 1.52. The van der Waals surface area contributed by atoms with E-state index in [2.05, 4.69) is 5.32 Å². The summed E-state index contributed by atoms with van der Waals surface area (Å²) in [7, 11) is -2.93. The van der Waals surface area contributed by atoms with Crippen molar-refractivity contribution < 1.29 is 23.5 Å². The smallest absolute Gasteiger partial charge is 0.341 e. The third-order valence-corrected chi connectivity index (χ3v) is 7.36. The van der Waals surface area contributed by atoms with Gasteiger partial charge in [0.1, 0.15) is 12.4 Å². The van der Waals surface area contributed by atoms with Gasteiger partial charge in [-0.2, -0.15) is 0 Å². The first-order valence-electron chi connectivity index (χ1n) is 11.2. The van der Waals surface area contributed by atoms with E-state index in [4.69, 9.17) is 4.74 Å². The van der Waals surface area contributed by atoms with Gasteiger partial charge >= 0.3 is 7.68 Å². The fourth-order valence-electron chi connectivity index (χ4n) is 4.10. The Labute approximate surface area is 204 Å².